The second kappa shape index (κ2) is 6.52. The monoisotopic (exact) mass is 309 g/mol. The van der Waals surface area contributed by atoms with Gasteiger partial charge in [-0.2, -0.15) is 0 Å². The lowest BCUT2D eigenvalue weighted by Gasteiger charge is -2.05. The molecule has 0 aliphatic heterocycles. The third kappa shape index (κ3) is 3.51. The van der Waals surface area contributed by atoms with Gasteiger partial charge in [-0.3, -0.25) is 0 Å². The van der Waals surface area contributed by atoms with Crippen molar-refractivity contribution >= 4 is 28.6 Å². The summed E-state index contributed by atoms with van der Waals surface area (Å²) in [4.78, 5) is 19.5. The van der Waals surface area contributed by atoms with Crippen LogP contribution in [0.1, 0.15) is 29.3 Å². The van der Waals surface area contributed by atoms with E-state index in [1.807, 2.05) is 38.1 Å². The molecular formula is C18H19N3O2. The fourth-order valence-electron chi connectivity index (χ4n) is 2.29. The molecule has 0 saturated carbocycles. The third-order valence-corrected chi connectivity index (χ3v) is 3.46. The molecule has 0 unspecified atom stereocenters. The minimum absolute atomic E-state index is 0.294. The summed E-state index contributed by atoms with van der Waals surface area (Å²) < 4.78 is 5.11. The van der Waals surface area contributed by atoms with E-state index in [4.69, 9.17) is 4.74 Å². The van der Waals surface area contributed by atoms with Crippen LogP contribution in [0.3, 0.4) is 0 Å². The van der Waals surface area contributed by atoms with Crippen molar-refractivity contribution in [3.8, 4) is 0 Å². The molecule has 0 radical (unpaired) electrons. The maximum absolute atomic E-state index is 11.8. The van der Waals surface area contributed by atoms with Crippen molar-refractivity contribution in [1.29, 1.82) is 0 Å². The number of nitrogens with one attached hydrogen (secondary N) is 2. The highest BCUT2D eigenvalue weighted by Gasteiger charge is 2.07. The Labute approximate surface area is 134 Å². The first-order chi connectivity index (χ1) is 11.2. The zero-order valence-corrected chi connectivity index (χ0v) is 13.2. The van der Waals surface area contributed by atoms with E-state index >= 15 is 0 Å². The molecule has 0 spiro atoms. The molecule has 0 aliphatic rings. The number of anilines is 2. The smallest absolute Gasteiger partial charge is 0.338 e. The minimum Gasteiger partial charge on any atom is -0.462 e. The van der Waals surface area contributed by atoms with E-state index in [0.717, 1.165) is 23.1 Å². The van der Waals surface area contributed by atoms with Crippen LogP contribution < -0.4 is 5.32 Å². The fraction of sp³-hybridized carbons (Fsp3) is 0.222. The third-order valence-electron chi connectivity index (χ3n) is 3.46. The molecule has 0 amide bonds. The molecule has 5 nitrogen and oxygen atoms in total. The van der Waals surface area contributed by atoms with Gasteiger partial charge in [0, 0.05) is 5.69 Å². The van der Waals surface area contributed by atoms with Crippen molar-refractivity contribution in [2.45, 2.75) is 20.3 Å². The van der Waals surface area contributed by atoms with E-state index < -0.39 is 0 Å². The first-order valence-electron chi connectivity index (χ1n) is 7.66. The SMILES string of the molecule is CCCOC(=O)c1ccc(Nc2nc3ccc(C)cc3[nH]2)cc1. The zero-order chi connectivity index (χ0) is 16.2. The van der Waals surface area contributed by atoms with E-state index in [1.54, 1.807) is 12.1 Å². The number of imidazole rings is 1. The standard InChI is InChI=1S/C18H19N3O2/c1-3-10-23-17(22)13-5-7-14(8-6-13)19-18-20-15-9-4-12(2)11-16(15)21-18/h4-9,11H,3,10H2,1-2H3,(H2,19,20,21). The van der Waals surface area contributed by atoms with E-state index in [2.05, 4.69) is 21.4 Å². The molecule has 5 heteroatoms. The van der Waals surface area contributed by atoms with E-state index in [0.29, 0.717) is 18.1 Å². The van der Waals surface area contributed by atoms with Gasteiger partial charge in [0.25, 0.3) is 0 Å². The van der Waals surface area contributed by atoms with Gasteiger partial charge >= 0.3 is 5.97 Å². The van der Waals surface area contributed by atoms with Crippen molar-refractivity contribution in [3.05, 3.63) is 53.6 Å². The summed E-state index contributed by atoms with van der Waals surface area (Å²) in [5, 5.41) is 3.20. The van der Waals surface area contributed by atoms with Gasteiger partial charge in [0.1, 0.15) is 0 Å². The summed E-state index contributed by atoms with van der Waals surface area (Å²) >= 11 is 0. The Morgan fingerprint density at radius 3 is 2.74 bits per heavy atom. The maximum atomic E-state index is 11.8. The van der Waals surface area contributed by atoms with Crippen LogP contribution in [0.4, 0.5) is 11.6 Å². The summed E-state index contributed by atoms with van der Waals surface area (Å²) in [6, 6.07) is 13.2. The van der Waals surface area contributed by atoms with Crippen LogP contribution in [0.5, 0.6) is 0 Å². The number of esters is 1. The van der Waals surface area contributed by atoms with Gasteiger partial charge in [-0.25, -0.2) is 9.78 Å². The molecule has 0 bridgehead atoms. The van der Waals surface area contributed by atoms with Crippen molar-refractivity contribution in [2.75, 3.05) is 11.9 Å². The highest BCUT2D eigenvalue weighted by molar-refractivity contribution is 5.90. The fourth-order valence-corrected chi connectivity index (χ4v) is 2.29. The van der Waals surface area contributed by atoms with Gasteiger partial charge in [-0.1, -0.05) is 13.0 Å². The molecule has 3 rings (SSSR count). The Kier molecular flexibility index (Phi) is 4.28. The highest BCUT2D eigenvalue weighted by atomic mass is 16.5. The molecule has 0 fully saturated rings. The molecule has 118 valence electrons. The molecule has 1 aromatic heterocycles. The highest BCUT2D eigenvalue weighted by Crippen LogP contribution is 2.19. The van der Waals surface area contributed by atoms with Crippen LogP contribution >= 0.6 is 0 Å². The normalized spacial score (nSPS) is 10.7. The Bertz CT molecular complexity index is 822. The summed E-state index contributed by atoms with van der Waals surface area (Å²) in [7, 11) is 0. The summed E-state index contributed by atoms with van der Waals surface area (Å²) in [5.74, 6) is 0.379. The minimum atomic E-state index is -0.294. The second-order valence-corrected chi connectivity index (χ2v) is 5.44. The number of aromatic amines is 1. The lowest BCUT2D eigenvalue weighted by Crippen LogP contribution is -2.05. The molecule has 2 aromatic carbocycles. The average Bonchev–Trinajstić information content (AvgIpc) is 2.94. The molecule has 1 heterocycles. The van der Waals surface area contributed by atoms with Crippen molar-refractivity contribution < 1.29 is 9.53 Å². The van der Waals surface area contributed by atoms with Crippen molar-refractivity contribution in [3.63, 3.8) is 0 Å². The van der Waals surface area contributed by atoms with Crippen LogP contribution in [0.15, 0.2) is 42.5 Å². The Hall–Kier alpha value is -2.82. The number of hydrogen-bond donors (Lipinski definition) is 2. The zero-order valence-electron chi connectivity index (χ0n) is 13.2. The van der Waals surface area contributed by atoms with Crippen LogP contribution in [0.25, 0.3) is 11.0 Å². The van der Waals surface area contributed by atoms with Crippen LogP contribution in [-0.4, -0.2) is 22.5 Å². The molecule has 0 saturated heterocycles. The number of rotatable bonds is 5. The van der Waals surface area contributed by atoms with Crippen molar-refractivity contribution in [2.24, 2.45) is 0 Å². The van der Waals surface area contributed by atoms with Crippen LogP contribution in [0.2, 0.25) is 0 Å². The number of carbonyl (C=O) groups is 1. The first-order valence-corrected chi connectivity index (χ1v) is 7.66. The molecule has 0 atom stereocenters. The number of ether oxygens (including phenoxy) is 1. The largest absolute Gasteiger partial charge is 0.462 e. The summed E-state index contributed by atoms with van der Waals surface area (Å²) in [5.41, 5.74) is 4.49. The maximum Gasteiger partial charge on any atom is 0.338 e. The molecule has 3 aromatic rings. The number of H-pyrrole nitrogens is 1. The number of fused-ring (bicyclic) bond motifs is 1. The molecule has 2 N–H and O–H groups in total. The number of nitrogens with zero attached hydrogens (tertiary/aromatic N) is 1. The first kappa shape index (κ1) is 15.1. The van der Waals surface area contributed by atoms with Crippen molar-refractivity contribution in [1.82, 2.24) is 9.97 Å². The summed E-state index contributed by atoms with van der Waals surface area (Å²) in [6.45, 7) is 4.45. The van der Waals surface area contributed by atoms with E-state index in [-0.39, 0.29) is 5.97 Å². The van der Waals surface area contributed by atoms with Crippen LogP contribution in [0, 0.1) is 6.92 Å². The number of hydrogen-bond acceptors (Lipinski definition) is 4. The summed E-state index contributed by atoms with van der Waals surface area (Å²) in [6.07, 6.45) is 0.816. The van der Waals surface area contributed by atoms with Gasteiger partial charge in [0.2, 0.25) is 5.95 Å². The van der Waals surface area contributed by atoms with Gasteiger partial charge in [-0.05, 0) is 55.3 Å². The van der Waals surface area contributed by atoms with Gasteiger partial charge in [0.05, 0.1) is 23.2 Å². The number of benzene rings is 2. The quantitative estimate of drug-likeness (QED) is 0.694. The van der Waals surface area contributed by atoms with Crippen LogP contribution in [-0.2, 0) is 4.74 Å². The lowest BCUT2D eigenvalue weighted by atomic mass is 10.2. The average molecular weight is 309 g/mol. The lowest BCUT2D eigenvalue weighted by molar-refractivity contribution is 0.0505. The molecular weight excluding hydrogens is 290 g/mol. The Morgan fingerprint density at radius 2 is 2.00 bits per heavy atom. The van der Waals surface area contributed by atoms with Gasteiger partial charge in [-0.15, -0.1) is 0 Å². The Balaban J connectivity index is 1.73. The second-order valence-electron chi connectivity index (χ2n) is 5.44. The predicted octanol–water partition coefficient (Wildman–Crippen LogP) is 4.18. The van der Waals surface area contributed by atoms with Gasteiger partial charge in [0.15, 0.2) is 0 Å². The number of aryl methyl sites for hydroxylation is 1. The number of aromatic nitrogens is 2. The van der Waals surface area contributed by atoms with E-state index in [9.17, 15) is 4.79 Å². The number of carbonyl (C=O) groups excluding carboxylic acids is 1. The molecule has 23 heavy (non-hydrogen) atoms. The van der Waals surface area contributed by atoms with E-state index in [1.165, 1.54) is 5.56 Å². The Morgan fingerprint density at radius 1 is 1.22 bits per heavy atom. The molecule has 0 aliphatic carbocycles. The predicted molar refractivity (Wildman–Crippen MR) is 91.1 cm³/mol. The van der Waals surface area contributed by atoms with Gasteiger partial charge < -0.3 is 15.0 Å². The topological polar surface area (TPSA) is 67.0 Å².